The van der Waals surface area contributed by atoms with Gasteiger partial charge in [0, 0.05) is 18.1 Å². The van der Waals surface area contributed by atoms with Crippen molar-refractivity contribution in [2.24, 2.45) is 0 Å². The average Bonchev–Trinajstić information content (AvgIpc) is 2.54. The topological polar surface area (TPSA) is 92.3 Å². The van der Waals surface area contributed by atoms with Crippen LogP contribution in [0.2, 0.25) is 0 Å². The van der Waals surface area contributed by atoms with Crippen LogP contribution < -0.4 is 10.0 Å². The number of hydrogen-bond donors (Lipinski definition) is 2. The van der Waals surface area contributed by atoms with Gasteiger partial charge in [0.25, 0.3) is 0 Å². The van der Waals surface area contributed by atoms with Gasteiger partial charge in [0.05, 0.1) is 10.6 Å². The summed E-state index contributed by atoms with van der Waals surface area (Å²) in [5, 5.41) is 2.55. The van der Waals surface area contributed by atoms with E-state index >= 15 is 0 Å². The summed E-state index contributed by atoms with van der Waals surface area (Å²) in [5.74, 6) is -0.723. The summed E-state index contributed by atoms with van der Waals surface area (Å²) in [7, 11) is -2.41. The first-order chi connectivity index (χ1) is 10.8. The normalized spacial score (nSPS) is 11.0. The minimum Gasteiger partial charge on any atom is -0.326 e. The van der Waals surface area contributed by atoms with Gasteiger partial charge in [-0.05, 0) is 25.2 Å². The lowest BCUT2D eigenvalue weighted by Crippen LogP contribution is -2.20. The molecule has 2 rings (SSSR count). The van der Waals surface area contributed by atoms with E-state index in [0.717, 1.165) is 0 Å². The van der Waals surface area contributed by atoms with Crippen molar-refractivity contribution in [2.45, 2.75) is 11.8 Å². The summed E-state index contributed by atoms with van der Waals surface area (Å²) in [6.07, 6.45) is 0. The maximum atomic E-state index is 12.6. The monoisotopic (exact) mass is 332 g/mol. The summed E-state index contributed by atoms with van der Waals surface area (Å²) < 4.78 is 26.1. The maximum Gasteiger partial charge on any atom is 0.240 e. The highest BCUT2D eigenvalue weighted by Gasteiger charge is 2.19. The van der Waals surface area contributed by atoms with E-state index in [1.807, 2.05) is 0 Å². The molecular formula is C16H16N2O4S. The highest BCUT2D eigenvalue weighted by atomic mass is 32.2. The standard InChI is InChI=1S/C16H16N2O4S/c1-11(19)18-15-9-8-13(23(21,22)17-2)10-14(15)16(20)12-6-4-3-5-7-12/h3-10,17H,1-2H3,(H,18,19). The molecule has 2 aromatic rings. The molecule has 0 bridgehead atoms. The third kappa shape index (κ3) is 3.82. The fourth-order valence-corrected chi connectivity index (χ4v) is 2.80. The zero-order valence-corrected chi connectivity index (χ0v) is 13.5. The molecule has 0 spiro atoms. The van der Waals surface area contributed by atoms with Crippen molar-refractivity contribution in [3.63, 3.8) is 0 Å². The van der Waals surface area contributed by atoms with Crippen molar-refractivity contribution in [3.05, 3.63) is 59.7 Å². The Bertz CT molecular complexity index is 846. The van der Waals surface area contributed by atoms with Gasteiger partial charge in [-0.15, -0.1) is 0 Å². The molecule has 7 heteroatoms. The molecule has 0 atom stereocenters. The molecule has 0 saturated heterocycles. The molecule has 0 radical (unpaired) electrons. The third-order valence-corrected chi connectivity index (χ3v) is 4.57. The lowest BCUT2D eigenvalue weighted by molar-refractivity contribution is -0.114. The van der Waals surface area contributed by atoms with Gasteiger partial charge in [-0.1, -0.05) is 30.3 Å². The number of carbonyl (C=O) groups is 2. The molecule has 6 nitrogen and oxygen atoms in total. The number of nitrogens with one attached hydrogen (secondary N) is 2. The summed E-state index contributed by atoms with van der Waals surface area (Å²) in [6, 6.07) is 12.4. The fourth-order valence-electron chi connectivity index (χ4n) is 2.04. The quantitative estimate of drug-likeness (QED) is 0.816. The van der Waals surface area contributed by atoms with Gasteiger partial charge >= 0.3 is 0 Å². The SMILES string of the molecule is CNS(=O)(=O)c1ccc(NC(C)=O)c(C(=O)c2ccccc2)c1. The second-order valence-electron chi connectivity index (χ2n) is 4.79. The molecule has 2 N–H and O–H groups in total. The van der Waals surface area contributed by atoms with E-state index in [1.54, 1.807) is 30.3 Å². The minimum atomic E-state index is -3.70. The van der Waals surface area contributed by atoms with E-state index in [4.69, 9.17) is 0 Å². The van der Waals surface area contributed by atoms with E-state index in [0.29, 0.717) is 5.56 Å². The van der Waals surface area contributed by atoms with E-state index in [2.05, 4.69) is 10.0 Å². The third-order valence-electron chi connectivity index (χ3n) is 3.16. The number of anilines is 1. The van der Waals surface area contributed by atoms with Crippen LogP contribution in [0.1, 0.15) is 22.8 Å². The Kier molecular flexibility index (Phi) is 4.92. The Labute approximate surface area is 134 Å². The summed E-state index contributed by atoms with van der Waals surface area (Å²) in [4.78, 5) is 23.9. The molecule has 0 aliphatic heterocycles. The predicted molar refractivity (Wildman–Crippen MR) is 86.9 cm³/mol. The Morgan fingerprint density at radius 3 is 2.22 bits per heavy atom. The van der Waals surface area contributed by atoms with Crippen LogP contribution in [0.4, 0.5) is 5.69 Å². The molecule has 23 heavy (non-hydrogen) atoms. The number of benzene rings is 2. The van der Waals surface area contributed by atoms with Gasteiger partial charge in [0.15, 0.2) is 5.78 Å². The van der Waals surface area contributed by atoms with Crippen LogP contribution >= 0.6 is 0 Å². The van der Waals surface area contributed by atoms with E-state index in [1.165, 1.54) is 32.2 Å². The second kappa shape index (κ2) is 6.72. The molecule has 0 aromatic heterocycles. The molecule has 1 amide bonds. The highest BCUT2D eigenvalue weighted by Crippen LogP contribution is 2.23. The van der Waals surface area contributed by atoms with E-state index in [-0.39, 0.29) is 27.8 Å². The lowest BCUT2D eigenvalue weighted by atomic mass is 10.0. The van der Waals surface area contributed by atoms with Crippen LogP contribution in [0.25, 0.3) is 0 Å². The minimum absolute atomic E-state index is 0.0478. The Morgan fingerprint density at radius 2 is 1.65 bits per heavy atom. The van der Waals surface area contributed by atoms with Crippen molar-refractivity contribution in [2.75, 3.05) is 12.4 Å². The first-order valence-electron chi connectivity index (χ1n) is 6.80. The van der Waals surface area contributed by atoms with Crippen LogP contribution in [0.15, 0.2) is 53.4 Å². The number of hydrogen-bond acceptors (Lipinski definition) is 4. The van der Waals surface area contributed by atoms with Crippen molar-refractivity contribution < 1.29 is 18.0 Å². The van der Waals surface area contributed by atoms with Crippen LogP contribution in [0.3, 0.4) is 0 Å². The summed E-state index contributed by atoms with van der Waals surface area (Å²) in [5.41, 5.74) is 0.780. The molecule has 120 valence electrons. The van der Waals surface area contributed by atoms with Gasteiger partial charge < -0.3 is 5.32 Å². The summed E-state index contributed by atoms with van der Waals surface area (Å²) >= 11 is 0. The van der Waals surface area contributed by atoms with Crippen molar-refractivity contribution in [1.29, 1.82) is 0 Å². The van der Waals surface area contributed by atoms with Gasteiger partial charge in [-0.2, -0.15) is 0 Å². The largest absolute Gasteiger partial charge is 0.326 e. The lowest BCUT2D eigenvalue weighted by Gasteiger charge is -2.12. The Balaban J connectivity index is 2.59. The Morgan fingerprint density at radius 1 is 1.00 bits per heavy atom. The first kappa shape index (κ1) is 16.9. The van der Waals surface area contributed by atoms with Crippen molar-refractivity contribution in [1.82, 2.24) is 4.72 Å². The van der Waals surface area contributed by atoms with Gasteiger partial charge in [-0.3, -0.25) is 9.59 Å². The van der Waals surface area contributed by atoms with E-state index in [9.17, 15) is 18.0 Å². The molecule has 0 saturated carbocycles. The van der Waals surface area contributed by atoms with Crippen molar-refractivity contribution >= 4 is 27.4 Å². The predicted octanol–water partition coefficient (Wildman–Crippen LogP) is 1.78. The average molecular weight is 332 g/mol. The zero-order chi connectivity index (χ0) is 17.0. The van der Waals surface area contributed by atoms with Crippen LogP contribution in [0, 0.1) is 0 Å². The number of amides is 1. The smallest absolute Gasteiger partial charge is 0.240 e. The molecule has 2 aromatic carbocycles. The fraction of sp³-hybridized carbons (Fsp3) is 0.125. The van der Waals surface area contributed by atoms with Gasteiger partial charge in [0.1, 0.15) is 0 Å². The number of rotatable bonds is 5. The second-order valence-corrected chi connectivity index (χ2v) is 6.68. The first-order valence-corrected chi connectivity index (χ1v) is 8.28. The molecule has 0 unspecified atom stereocenters. The molecule has 0 heterocycles. The highest BCUT2D eigenvalue weighted by molar-refractivity contribution is 7.89. The van der Waals surface area contributed by atoms with Crippen LogP contribution in [-0.4, -0.2) is 27.2 Å². The van der Waals surface area contributed by atoms with Crippen molar-refractivity contribution in [3.8, 4) is 0 Å². The zero-order valence-electron chi connectivity index (χ0n) is 12.7. The molecule has 0 aliphatic rings. The molecule has 0 fully saturated rings. The maximum absolute atomic E-state index is 12.6. The molecular weight excluding hydrogens is 316 g/mol. The van der Waals surface area contributed by atoms with Crippen LogP contribution in [0.5, 0.6) is 0 Å². The number of sulfonamides is 1. The van der Waals surface area contributed by atoms with Gasteiger partial charge in [0.2, 0.25) is 15.9 Å². The van der Waals surface area contributed by atoms with Gasteiger partial charge in [-0.25, -0.2) is 13.1 Å². The van der Waals surface area contributed by atoms with E-state index < -0.39 is 10.0 Å². The van der Waals surface area contributed by atoms with Crippen LogP contribution in [-0.2, 0) is 14.8 Å². The number of ketones is 1. The number of carbonyl (C=O) groups excluding carboxylic acids is 2. The Hall–Kier alpha value is -2.51. The molecule has 0 aliphatic carbocycles. The summed E-state index contributed by atoms with van der Waals surface area (Å²) in [6.45, 7) is 1.31.